The number of aliphatic imine (C=N–C) groups is 1. The van der Waals surface area contributed by atoms with E-state index in [-0.39, 0.29) is 29.5 Å². The maximum Gasteiger partial charge on any atom is 0.248 e. The number of carbonyl (C=O) groups excluding carboxylic acids is 1. The number of hydrogen-bond acceptors (Lipinski definition) is 3. The lowest BCUT2D eigenvalue weighted by molar-refractivity contribution is 0.0982. The van der Waals surface area contributed by atoms with Gasteiger partial charge in [0.25, 0.3) is 0 Å². The van der Waals surface area contributed by atoms with E-state index in [1.165, 1.54) is 32.4 Å². The number of primary amides is 1. The van der Waals surface area contributed by atoms with E-state index in [0.29, 0.717) is 12.1 Å². The molecule has 6 nitrogen and oxygen atoms in total. The van der Waals surface area contributed by atoms with E-state index in [2.05, 4.69) is 41.3 Å². The number of rotatable bonds is 7. The highest BCUT2D eigenvalue weighted by Gasteiger charge is 2.27. The Balaban J connectivity index is 0.00000364. The van der Waals surface area contributed by atoms with Gasteiger partial charge in [-0.15, -0.1) is 24.0 Å². The SMILES string of the molecule is CCNC(=NCc1cccc(C(N)=O)c1)NCC(C)(C)N1CCCCC1.I. The molecule has 0 bridgehead atoms. The van der Waals surface area contributed by atoms with Crippen molar-refractivity contribution in [1.82, 2.24) is 15.5 Å². The van der Waals surface area contributed by atoms with Crippen LogP contribution in [0.15, 0.2) is 29.3 Å². The maximum atomic E-state index is 11.3. The molecule has 1 heterocycles. The lowest BCUT2D eigenvalue weighted by Crippen LogP contribution is -2.54. The molecule has 1 saturated heterocycles. The Morgan fingerprint density at radius 2 is 1.93 bits per heavy atom. The molecule has 1 aliphatic rings. The van der Waals surface area contributed by atoms with Gasteiger partial charge in [-0.05, 0) is 64.4 Å². The number of amides is 1. The standard InChI is InChI=1S/C20H33N5O.HI/c1-4-22-19(23-14-16-9-8-10-17(13-16)18(21)26)24-15-20(2,3)25-11-6-5-7-12-25;/h8-10,13H,4-7,11-12,14-15H2,1-3H3,(H2,21,26)(H2,22,23,24);1H. The molecule has 1 fully saturated rings. The Morgan fingerprint density at radius 1 is 1.22 bits per heavy atom. The molecule has 0 radical (unpaired) electrons. The van der Waals surface area contributed by atoms with Crippen molar-refractivity contribution in [2.45, 2.75) is 52.1 Å². The normalized spacial score (nSPS) is 15.7. The highest BCUT2D eigenvalue weighted by atomic mass is 127. The minimum atomic E-state index is -0.413. The zero-order valence-electron chi connectivity index (χ0n) is 16.8. The van der Waals surface area contributed by atoms with E-state index >= 15 is 0 Å². The molecule has 4 N–H and O–H groups in total. The summed E-state index contributed by atoms with van der Waals surface area (Å²) in [5, 5.41) is 6.77. The minimum Gasteiger partial charge on any atom is -0.366 e. The Hall–Kier alpha value is -1.35. The first-order valence-electron chi connectivity index (χ1n) is 9.58. The molecule has 0 spiro atoms. The second-order valence-corrected chi connectivity index (χ2v) is 7.47. The molecule has 1 aromatic carbocycles. The fourth-order valence-electron chi connectivity index (χ4n) is 3.25. The molecule has 0 saturated carbocycles. The fraction of sp³-hybridized carbons (Fsp3) is 0.600. The first-order chi connectivity index (χ1) is 12.4. The van der Waals surface area contributed by atoms with Crippen molar-refractivity contribution in [2.24, 2.45) is 10.7 Å². The van der Waals surface area contributed by atoms with Gasteiger partial charge in [-0.3, -0.25) is 9.69 Å². The number of hydrogen-bond donors (Lipinski definition) is 3. The summed E-state index contributed by atoms with van der Waals surface area (Å²) in [7, 11) is 0. The molecule has 1 amide bonds. The van der Waals surface area contributed by atoms with Gasteiger partial charge in [0.15, 0.2) is 5.96 Å². The summed E-state index contributed by atoms with van der Waals surface area (Å²) >= 11 is 0. The highest BCUT2D eigenvalue weighted by Crippen LogP contribution is 2.19. The van der Waals surface area contributed by atoms with Crippen LogP contribution < -0.4 is 16.4 Å². The number of benzene rings is 1. The average Bonchev–Trinajstić information content (AvgIpc) is 2.65. The zero-order valence-corrected chi connectivity index (χ0v) is 19.1. The Kier molecular flexibility index (Phi) is 10.1. The van der Waals surface area contributed by atoms with Crippen LogP contribution in [0.5, 0.6) is 0 Å². The first kappa shape index (κ1) is 23.7. The molecule has 1 aromatic rings. The zero-order chi connectivity index (χ0) is 19.0. The number of halogens is 1. The van der Waals surface area contributed by atoms with Crippen LogP contribution in [0.2, 0.25) is 0 Å². The molecular weight excluding hydrogens is 453 g/mol. The monoisotopic (exact) mass is 487 g/mol. The van der Waals surface area contributed by atoms with Crippen LogP contribution in [0.3, 0.4) is 0 Å². The third-order valence-corrected chi connectivity index (χ3v) is 4.88. The number of nitrogens with zero attached hydrogens (tertiary/aromatic N) is 2. The third kappa shape index (κ3) is 7.65. The van der Waals surface area contributed by atoms with Gasteiger partial charge < -0.3 is 16.4 Å². The average molecular weight is 487 g/mol. The van der Waals surface area contributed by atoms with Gasteiger partial charge in [-0.25, -0.2) is 4.99 Å². The van der Waals surface area contributed by atoms with Crippen LogP contribution in [-0.4, -0.2) is 48.5 Å². The number of carbonyl (C=O) groups is 1. The summed E-state index contributed by atoms with van der Waals surface area (Å²) in [6.45, 7) is 11.1. The lowest BCUT2D eigenvalue weighted by atomic mass is 9.98. The van der Waals surface area contributed by atoms with Gasteiger partial charge in [0.05, 0.1) is 6.54 Å². The molecular formula is C20H34IN5O. The van der Waals surface area contributed by atoms with Crippen LogP contribution in [0, 0.1) is 0 Å². The van der Waals surface area contributed by atoms with Crippen LogP contribution in [-0.2, 0) is 6.54 Å². The van der Waals surface area contributed by atoms with Crippen molar-refractivity contribution in [3.05, 3.63) is 35.4 Å². The van der Waals surface area contributed by atoms with Crippen LogP contribution in [0.25, 0.3) is 0 Å². The number of nitrogens with one attached hydrogen (secondary N) is 2. The molecule has 0 unspecified atom stereocenters. The van der Waals surface area contributed by atoms with Crippen molar-refractivity contribution in [3.63, 3.8) is 0 Å². The van der Waals surface area contributed by atoms with E-state index < -0.39 is 5.91 Å². The van der Waals surface area contributed by atoms with E-state index in [4.69, 9.17) is 5.73 Å². The minimum absolute atomic E-state index is 0. The molecule has 7 heteroatoms. The number of likely N-dealkylation sites (tertiary alicyclic amines) is 1. The fourth-order valence-corrected chi connectivity index (χ4v) is 3.25. The second-order valence-electron chi connectivity index (χ2n) is 7.47. The summed E-state index contributed by atoms with van der Waals surface area (Å²) in [6.07, 6.45) is 3.91. The van der Waals surface area contributed by atoms with Crippen LogP contribution in [0.1, 0.15) is 56.0 Å². The van der Waals surface area contributed by atoms with Crippen molar-refractivity contribution in [3.8, 4) is 0 Å². The smallest absolute Gasteiger partial charge is 0.248 e. The molecule has 0 aliphatic carbocycles. The van der Waals surface area contributed by atoms with Gasteiger partial charge in [-0.2, -0.15) is 0 Å². The quantitative estimate of drug-likeness (QED) is 0.314. The number of piperidine rings is 1. The summed E-state index contributed by atoms with van der Waals surface area (Å²) in [4.78, 5) is 18.5. The first-order valence-corrected chi connectivity index (χ1v) is 9.58. The summed E-state index contributed by atoms with van der Waals surface area (Å²) < 4.78 is 0. The molecule has 152 valence electrons. The van der Waals surface area contributed by atoms with E-state index in [0.717, 1.165) is 24.6 Å². The van der Waals surface area contributed by atoms with Crippen molar-refractivity contribution >= 4 is 35.8 Å². The van der Waals surface area contributed by atoms with Crippen molar-refractivity contribution in [1.29, 1.82) is 0 Å². The molecule has 0 atom stereocenters. The summed E-state index contributed by atoms with van der Waals surface area (Å²) in [5.41, 5.74) is 6.92. The van der Waals surface area contributed by atoms with Crippen LogP contribution >= 0.6 is 24.0 Å². The van der Waals surface area contributed by atoms with E-state index in [1.54, 1.807) is 12.1 Å². The van der Waals surface area contributed by atoms with Gasteiger partial charge in [0, 0.05) is 24.2 Å². The maximum absolute atomic E-state index is 11.3. The summed E-state index contributed by atoms with van der Waals surface area (Å²) in [6, 6.07) is 7.31. The van der Waals surface area contributed by atoms with Crippen molar-refractivity contribution < 1.29 is 4.79 Å². The van der Waals surface area contributed by atoms with Crippen molar-refractivity contribution in [2.75, 3.05) is 26.2 Å². The van der Waals surface area contributed by atoms with Gasteiger partial charge in [0.2, 0.25) is 5.91 Å². The van der Waals surface area contributed by atoms with Gasteiger partial charge >= 0.3 is 0 Å². The Bertz CT molecular complexity index is 627. The molecule has 1 aliphatic heterocycles. The van der Waals surface area contributed by atoms with E-state index in [1.807, 2.05) is 12.1 Å². The predicted octanol–water partition coefficient (Wildman–Crippen LogP) is 2.72. The van der Waals surface area contributed by atoms with Gasteiger partial charge in [0.1, 0.15) is 0 Å². The van der Waals surface area contributed by atoms with E-state index in [9.17, 15) is 4.79 Å². The second kappa shape index (κ2) is 11.5. The Morgan fingerprint density at radius 3 is 2.56 bits per heavy atom. The topological polar surface area (TPSA) is 82.7 Å². The van der Waals surface area contributed by atoms with Crippen LogP contribution in [0.4, 0.5) is 0 Å². The number of guanidine groups is 1. The molecule has 27 heavy (non-hydrogen) atoms. The predicted molar refractivity (Wildman–Crippen MR) is 123 cm³/mol. The number of nitrogens with two attached hydrogens (primary N) is 1. The molecule has 0 aromatic heterocycles. The molecule has 2 rings (SSSR count). The lowest BCUT2D eigenvalue weighted by Gasteiger charge is -2.41. The van der Waals surface area contributed by atoms with Gasteiger partial charge in [-0.1, -0.05) is 18.6 Å². The largest absolute Gasteiger partial charge is 0.366 e. The highest BCUT2D eigenvalue weighted by molar-refractivity contribution is 14.0. The third-order valence-electron chi connectivity index (χ3n) is 4.88. The summed E-state index contributed by atoms with van der Waals surface area (Å²) in [5.74, 6) is 0.381. The Labute approximate surface area is 180 Å².